The van der Waals surface area contributed by atoms with E-state index >= 15 is 0 Å². The van der Waals surface area contributed by atoms with Crippen molar-refractivity contribution in [2.24, 2.45) is 5.14 Å². The number of sulfonamides is 1. The summed E-state index contributed by atoms with van der Waals surface area (Å²) in [7, 11) is -3.70. The van der Waals surface area contributed by atoms with Gasteiger partial charge < -0.3 is 5.32 Å². The number of rotatable bonds is 5. The molecule has 2 heterocycles. The molecule has 1 amide bonds. The van der Waals surface area contributed by atoms with Gasteiger partial charge in [-0.15, -0.1) is 0 Å². The summed E-state index contributed by atoms with van der Waals surface area (Å²) in [5, 5.41) is 7.98. The summed E-state index contributed by atoms with van der Waals surface area (Å²) in [4.78, 5) is 17.2. The lowest BCUT2D eigenvalue weighted by Gasteiger charge is -2.08. The van der Waals surface area contributed by atoms with Gasteiger partial charge in [-0.05, 0) is 65.5 Å². The molecule has 9 heteroatoms. The first kappa shape index (κ1) is 19.5. The van der Waals surface area contributed by atoms with Crippen molar-refractivity contribution < 1.29 is 13.2 Å². The van der Waals surface area contributed by atoms with Gasteiger partial charge in [0.1, 0.15) is 5.69 Å². The standard InChI is InChI=1S/C18H19BrN4O3S/c1-11-9-15(19)17-22-12(2)16(23(17)10-11)18(24)21-8-7-13-3-5-14(6-4-13)27(20,25)26/h3-6,9-10H,7-8H2,1-2H3,(H,21,24)(H2,20,25,26). The van der Waals surface area contributed by atoms with Gasteiger partial charge in [-0.2, -0.15) is 0 Å². The smallest absolute Gasteiger partial charge is 0.270 e. The van der Waals surface area contributed by atoms with E-state index in [1.807, 2.05) is 19.2 Å². The zero-order valence-corrected chi connectivity index (χ0v) is 17.3. The summed E-state index contributed by atoms with van der Waals surface area (Å²) in [6.07, 6.45) is 2.44. The van der Waals surface area contributed by atoms with Crippen LogP contribution in [0.15, 0.2) is 45.9 Å². The van der Waals surface area contributed by atoms with E-state index in [1.165, 1.54) is 12.1 Å². The number of aryl methyl sites for hydroxylation is 2. The van der Waals surface area contributed by atoms with E-state index in [4.69, 9.17) is 5.14 Å². The van der Waals surface area contributed by atoms with Crippen LogP contribution in [0.5, 0.6) is 0 Å². The number of hydrogen-bond donors (Lipinski definition) is 2. The third-order valence-corrected chi connectivity index (χ3v) is 5.67. The molecule has 0 atom stereocenters. The number of hydrogen-bond acceptors (Lipinski definition) is 4. The summed E-state index contributed by atoms with van der Waals surface area (Å²) in [6, 6.07) is 8.25. The number of carbonyl (C=O) groups excluding carboxylic acids is 1. The lowest BCUT2D eigenvalue weighted by Crippen LogP contribution is -2.27. The van der Waals surface area contributed by atoms with Crippen LogP contribution in [0.1, 0.15) is 27.3 Å². The molecule has 2 aromatic heterocycles. The Hall–Kier alpha value is -2.23. The Kier molecular flexibility index (Phi) is 5.36. The maximum absolute atomic E-state index is 12.7. The first-order valence-electron chi connectivity index (χ1n) is 8.21. The highest BCUT2D eigenvalue weighted by molar-refractivity contribution is 9.10. The van der Waals surface area contributed by atoms with E-state index in [9.17, 15) is 13.2 Å². The minimum atomic E-state index is -3.70. The highest BCUT2D eigenvalue weighted by Crippen LogP contribution is 2.22. The Bertz CT molecular complexity index is 1120. The lowest BCUT2D eigenvalue weighted by atomic mass is 10.1. The number of amides is 1. The van der Waals surface area contributed by atoms with Crippen LogP contribution in [0.2, 0.25) is 0 Å². The molecule has 142 valence electrons. The summed E-state index contributed by atoms with van der Waals surface area (Å²) < 4.78 is 25.2. The molecule has 0 radical (unpaired) electrons. The summed E-state index contributed by atoms with van der Waals surface area (Å²) in [6.45, 7) is 4.16. The molecule has 0 spiro atoms. The van der Waals surface area contributed by atoms with Crippen molar-refractivity contribution >= 4 is 37.5 Å². The van der Waals surface area contributed by atoms with Gasteiger partial charge in [0.15, 0.2) is 5.65 Å². The second-order valence-electron chi connectivity index (χ2n) is 6.30. The first-order valence-corrected chi connectivity index (χ1v) is 10.6. The van der Waals surface area contributed by atoms with Crippen LogP contribution < -0.4 is 10.5 Å². The highest BCUT2D eigenvalue weighted by atomic mass is 79.9. The van der Waals surface area contributed by atoms with Crippen LogP contribution in [-0.4, -0.2) is 30.3 Å². The number of primary sulfonamides is 1. The Morgan fingerprint density at radius 2 is 1.93 bits per heavy atom. The maximum atomic E-state index is 12.7. The minimum absolute atomic E-state index is 0.0672. The van der Waals surface area contributed by atoms with Crippen molar-refractivity contribution in [2.45, 2.75) is 25.2 Å². The van der Waals surface area contributed by atoms with Gasteiger partial charge >= 0.3 is 0 Å². The quantitative estimate of drug-likeness (QED) is 0.621. The van der Waals surface area contributed by atoms with Gasteiger partial charge in [-0.3, -0.25) is 9.20 Å². The summed E-state index contributed by atoms with van der Waals surface area (Å²) >= 11 is 3.48. The van der Waals surface area contributed by atoms with Gasteiger partial charge in [-0.25, -0.2) is 18.5 Å². The molecule has 7 nitrogen and oxygen atoms in total. The molecule has 0 saturated heterocycles. The molecular weight excluding hydrogens is 432 g/mol. The molecule has 27 heavy (non-hydrogen) atoms. The maximum Gasteiger partial charge on any atom is 0.270 e. The van der Waals surface area contributed by atoms with E-state index in [-0.39, 0.29) is 10.8 Å². The summed E-state index contributed by atoms with van der Waals surface area (Å²) in [5.41, 5.74) is 3.75. The monoisotopic (exact) mass is 450 g/mol. The zero-order valence-electron chi connectivity index (χ0n) is 14.9. The number of nitrogens with one attached hydrogen (secondary N) is 1. The predicted molar refractivity (Wildman–Crippen MR) is 106 cm³/mol. The highest BCUT2D eigenvalue weighted by Gasteiger charge is 2.18. The molecule has 0 aliphatic carbocycles. The van der Waals surface area contributed by atoms with Crippen molar-refractivity contribution in [3.05, 3.63) is 63.5 Å². The predicted octanol–water partition coefficient (Wildman–Crippen LogP) is 2.33. The Morgan fingerprint density at radius 3 is 2.56 bits per heavy atom. The molecule has 0 fully saturated rings. The molecule has 3 aromatic rings. The molecule has 0 unspecified atom stereocenters. The normalized spacial score (nSPS) is 11.7. The van der Waals surface area contributed by atoms with Crippen LogP contribution in [-0.2, 0) is 16.4 Å². The number of imidazole rings is 1. The largest absolute Gasteiger partial charge is 0.350 e. The average Bonchev–Trinajstić information content (AvgIpc) is 2.91. The lowest BCUT2D eigenvalue weighted by molar-refractivity contribution is 0.0947. The Labute approximate surface area is 165 Å². The van der Waals surface area contributed by atoms with Crippen LogP contribution >= 0.6 is 15.9 Å². The molecule has 0 bridgehead atoms. The number of fused-ring (bicyclic) bond motifs is 1. The third-order valence-electron chi connectivity index (χ3n) is 4.15. The average molecular weight is 451 g/mol. The number of benzene rings is 1. The Balaban J connectivity index is 1.72. The fraction of sp³-hybridized carbons (Fsp3) is 0.222. The van der Waals surface area contributed by atoms with E-state index in [0.29, 0.717) is 30.0 Å². The van der Waals surface area contributed by atoms with Gasteiger partial charge in [0.2, 0.25) is 10.0 Å². The topological polar surface area (TPSA) is 107 Å². The van der Waals surface area contributed by atoms with E-state index in [0.717, 1.165) is 15.6 Å². The molecule has 1 aromatic carbocycles. The van der Waals surface area contributed by atoms with Crippen LogP contribution in [0.3, 0.4) is 0 Å². The second kappa shape index (κ2) is 7.41. The van der Waals surface area contributed by atoms with Crippen molar-refractivity contribution in [3.8, 4) is 0 Å². The number of halogens is 1. The van der Waals surface area contributed by atoms with Crippen LogP contribution in [0.25, 0.3) is 5.65 Å². The van der Waals surface area contributed by atoms with Crippen LogP contribution in [0, 0.1) is 13.8 Å². The molecule has 3 rings (SSSR count). The number of nitrogens with two attached hydrogens (primary N) is 1. The third kappa shape index (κ3) is 4.20. The van der Waals surface area contributed by atoms with Crippen LogP contribution in [0.4, 0.5) is 0 Å². The molecule has 0 aliphatic heterocycles. The first-order chi connectivity index (χ1) is 12.7. The van der Waals surface area contributed by atoms with E-state index in [1.54, 1.807) is 23.5 Å². The van der Waals surface area contributed by atoms with Gasteiger partial charge in [-0.1, -0.05) is 12.1 Å². The summed E-state index contributed by atoms with van der Waals surface area (Å²) in [5.74, 6) is -0.210. The van der Waals surface area contributed by atoms with Crippen molar-refractivity contribution in [1.29, 1.82) is 0 Å². The van der Waals surface area contributed by atoms with E-state index in [2.05, 4.69) is 26.2 Å². The van der Waals surface area contributed by atoms with Gasteiger partial charge in [0.25, 0.3) is 5.91 Å². The zero-order chi connectivity index (χ0) is 19.8. The number of carbonyl (C=O) groups is 1. The molecule has 3 N–H and O–H groups in total. The van der Waals surface area contributed by atoms with E-state index < -0.39 is 10.0 Å². The number of pyridine rings is 1. The van der Waals surface area contributed by atoms with Gasteiger partial charge in [0, 0.05) is 12.7 Å². The fourth-order valence-corrected chi connectivity index (χ4v) is 4.03. The minimum Gasteiger partial charge on any atom is -0.350 e. The number of nitrogens with zero attached hydrogens (tertiary/aromatic N) is 2. The Morgan fingerprint density at radius 1 is 1.26 bits per heavy atom. The molecule has 0 saturated carbocycles. The van der Waals surface area contributed by atoms with Crippen molar-refractivity contribution in [3.63, 3.8) is 0 Å². The van der Waals surface area contributed by atoms with Crippen molar-refractivity contribution in [2.75, 3.05) is 6.54 Å². The molecular formula is C18H19BrN4O3S. The fourth-order valence-electron chi connectivity index (χ4n) is 2.87. The second-order valence-corrected chi connectivity index (χ2v) is 8.72. The van der Waals surface area contributed by atoms with Gasteiger partial charge in [0.05, 0.1) is 15.1 Å². The molecule has 0 aliphatic rings. The van der Waals surface area contributed by atoms with Crippen molar-refractivity contribution in [1.82, 2.24) is 14.7 Å². The SMILES string of the molecule is Cc1cc(Br)c2nc(C)c(C(=O)NCCc3ccc(S(N)(=O)=O)cc3)n2c1. The number of aromatic nitrogens is 2.